The molecule has 39 heavy (non-hydrogen) atoms. The van der Waals surface area contributed by atoms with E-state index in [1.54, 1.807) is 18.2 Å². The monoisotopic (exact) mass is 663 g/mol. The molecule has 0 aromatic heterocycles. The summed E-state index contributed by atoms with van der Waals surface area (Å²) in [6.45, 7) is 8.45. The Morgan fingerprint density at radius 3 is 2.38 bits per heavy atom. The van der Waals surface area contributed by atoms with Crippen LogP contribution >= 0.6 is 22.6 Å². The first-order valence-electron chi connectivity index (χ1n) is 12.6. The number of sulfonamides is 1. The number of carbonyl (C=O) groups is 1. The number of benzene rings is 3. The van der Waals surface area contributed by atoms with E-state index in [4.69, 9.17) is 9.47 Å². The van der Waals surface area contributed by atoms with Gasteiger partial charge in [-0.3, -0.25) is 4.79 Å². The number of aryl methyl sites for hydroxylation is 1. The molecule has 0 aliphatic carbocycles. The van der Waals surface area contributed by atoms with Crippen LogP contribution in [0.2, 0.25) is 0 Å². The Balaban J connectivity index is 1.72. The van der Waals surface area contributed by atoms with Crippen LogP contribution in [0.4, 0.5) is 0 Å². The molecule has 0 spiro atoms. The van der Waals surface area contributed by atoms with Crippen molar-refractivity contribution >= 4 is 44.7 Å². The maximum absolute atomic E-state index is 12.9. The number of hydrogen-bond donors (Lipinski definition) is 2. The standard InChI is InChI=1S/C29H34IN3O5S/c1-5-37-27-17-23(16-25(30)28(27)38-19-22-9-7-6-8-10-22)18-31-32-29(34)26(15-20(2)3)33-39(35,36)24-13-11-21(4)12-14-24/h6-14,16-18,20,26,33H,5,15,19H2,1-4H3,(H,32,34)/b31-18-/t26-/m0/s1. The van der Waals surface area contributed by atoms with E-state index in [1.165, 1.54) is 18.3 Å². The Labute approximate surface area is 244 Å². The third kappa shape index (κ3) is 9.33. The lowest BCUT2D eigenvalue weighted by Crippen LogP contribution is -2.46. The Morgan fingerprint density at radius 1 is 1.05 bits per heavy atom. The normalized spacial score (nSPS) is 12.5. The fourth-order valence-corrected chi connectivity index (χ4v) is 5.69. The predicted molar refractivity (Wildman–Crippen MR) is 162 cm³/mol. The van der Waals surface area contributed by atoms with Crippen LogP contribution in [0, 0.1) is 16.4 Å². The summed E-state index contributed by atoms with van der Waals surface area (Å²) in [7, 11) is -3.89. The third-order valence-corrected chi connectivity index (χ3v) is 7.89. The van der Waals surface area contributed by atoms with Gasteiger partial charge >= 0.3 is 0 Å². The largest absolute Gasteiger partial charge is 0.490 e. The highest BCUT2D eigenvalue weighted by Crippen LogP contribution is 2.34. The number of hydrazone groups is 1. The molecule has 0 fully saturated rings. The molecule has 208 valence electrons. The Bertz CT molecular complexity index is 1380. The van der Waals surface area contributed by atoms with Crippen molar-refractivity contribution in [3.05, 3.63) is 87.0 Å². The van der Waals surface area contributed by atoms with Crippen LogP contribution in [-0.4, -0.2) is 33.2 Å². The van der Waals surface area contributed by atoms with E-state index in [1.807, 2.05) is 64.1 Å². The zero-order chi connectivity index (χ0) is 28.4. The molecule has 1 atom stereocenters. The van der Waals surface area contributed by atoms with Crippen molar-refractivity contribution in [2.45, 2.75) is 51.7 Å². The van der Waals surface area contributed by atoms with Gasteiger partial charge in [0.1, 0.15) is 12.6 Å². The van der Waals surface area contributed by atoms with Crippen LogP contribution in [0.3, 0.4) is 0 Å². The van der Waals surface area contributed by atoms with Crippen LogP contribution in [0.5, 0.6) is 11.5 Å². The van der Waals surface area contributed by atoms with Gasteiger partial charge in [0.15, 0.2) is 11.5 Å². The van der Waals surface area contributed by atoms with Crippen LogP contribution < -0.4 is 19.6 Å². The van der Waals surface area contributed by atoms with Gasteiger partial charge in [0, 0.05) is 0 Å². The summed E-state index contributed by atoms with van der Waals surface area (Å²) in [4.78, 5) is 13.0. The zero-order valence-electron chi connectivity index (χ0n) is 22.5. The molecule has 0 heterocycles. The molecule has 3 aromatic rings. The molecule has 0 aliphatic heterocycles. The van der Waals surface area contributed by atoms with Gasteiger partial charge in [0.05, 0.1) is 21.3 Å². The van der Waals surface area contributed by atoms with Crippen LogP contribution in [0.25, 0.3) is 0 Å². The molecule has 3 aromatic carbocycles. The van der Waals surface area contributed by atoms with E-state index in [0.717, 1.165) is 14.7 Å². The van der Waals surface area contributed by atoms with Gasteiger partial charge < -0.3 is 9.47 Å². The van der Waals surface area contributed by atoms with Gasteiger partial charge in [0.2, 0.25) is 10.0 Å². The summed E-state index contributed by atoms with van der Waals surface area (Å²) in [6, 6.07) is 19.0. The Morgan fingerprint density at radius 2 is 1.74 bits per heavy atom. The number of ether oxygens (including phenoxy) is 2. The van der Waals surface area contributed by atoms with Crippen LogP contribution in [0.1, 0.15) is 43.9 Å². The molecular formula is C29H34IN3O5S. The molecule has 0 radical (unpaired) electrons. The summed E-state index contributed by atoms with van der Waals surface area (Å²) >= 11 is 2.17. The molecule has 0 saturated carbocycles. The maximum Gasteiger partial charge on any atom is 0.258 e. The first-order valence-corrected chi connectivity index (χ1v) is 15.2. The zero-order valence-corrected chi connectivity index (χ0v) is 25.5. The SMILES string of the molecule is CCOc1cc(/C=N\NC(=O)[C@H](CC(C)C)NS(=O)(=O)c2ccc(C)cc2)cc(I)c1OCc1ccccc1. The van der Waals surface area contributed by atoms with Crippen molar-refractivity contribution in [3.8, 4) is 11.5 Å². The molecular weight excluding hydrogens is 629 g/mol. The topological polar surface area (TPSA) is 106 Å². The summed E-state index contributed by atoms with van der Waals surface area (Å²) in [6.07, 6.45) is 1.80. The van der Waals surface area contributed by atoms with Gasteiger partial charge in [-0.25, -0.2) is 13.8 Å². The van der Waals surface area contributed by atoms with E-state index in [9.17, 15) is 13.2 Å². The van der Waals surface area contributed by atoms with Crippen LogP contribution in [0.15, 0.2) is 76.7 Å². The quantitative estimate of drug-likeness (QED) is 0.144. The molecule has 0 aliphatic rings. The molecule has 2 N–H and O–H groups in total. The number of amides is 1. The highest BCUT2D eigenvalue weighted by Gasteiger charge is 2.26. The van der Waals surface area contributed by atoms with E-state index in [0.29, 0.717) is 36.7 Å². The minimum absolute atomic E-state index is 0.0733. The minimum atomic E-state index is -3.89. The number of halogens is 1. The average Bonchev–Trinajstić information content (AvgIpc) is 2.88. The first-order chi connectivity index (χ1) is 18.6. The first kappa shape index (κ1) is 30.6. The average molecular weight is 664 g/mol. The fraction of sp³-hybridized carbons (Fsp3) is 0.310. The van der Waals surface area contributed by atoms with E-state index in [2.05, 4.69) is 37.8 Å². The molecule has 0 unspecified atom stereocenters. The molecule has 8 nitrogen and oxygen atoms in total. The summed E-state index contributed by atoms with van der Waals surface area (Å²) in [5.41, 5.74) is 5.15. The summed E-state index contributed by atoms with van der Waals surface area (Å²) in [5, 5.41) is 4.09. The van der Waals surface area contributed by atoms with Crippen molar-refractivity contribution in [3.63, 3.8) is 0 Å². The Hall–Kier alpha value is -2.96. The lowest BCUT2D eigenvalue weighted by Gasteiger charge is -2.19. The predicted octanol–water partition coefficient (Wildman–Crippen LogP) is 5.42. The summed E-state index contributed by atoms with van der Waals surface area (Å²) < 4.78 is 41.0. The van der Waals surface area contributed by atoms with Gasteiger partial charge in [-0.2, -0.15) is 9.82 Å². The second-order valence-corrected chi connectivity index (χ2v) is 12.3. The maximum atomic E-state index is 12.9. The second-order valence-electron chi connectivity index (χ2n) is 9.39. The van der Waals surface area contributed by atoms with Crippen molar-refractivity contribution in [2.75, 3.05) is 6.61 Å². The lowest BCUT2D eigenvalue weighted by atomic mass is 10.0. The molecule has 0 bridgehead atoms. The van der Waals surface area contributed by atoms with Crippen molar-refractivity contribution < 1.29 is 22.7 Å². The molecule has 3 rings (SSSR count). The highest BCUT2D eigenvalue weighted by molar-refractivity contribution is 14.1. The number of hydrogen-bond acceptors (Lipinski definition) is 6. The van der Waals surface area contributed by atoms with Gasteiger partial charge in [-0.05, 0) is 84.2 Å². The number of rotatable bonds is 13. The minimum Gasteiger partial charge on any atom is -0.490 e. The van der Waals surface area contributed by atoms with Crippen molar-refractivity contribution in [1.82, 2.24) is 10.1 Å². The van der Waals surface area contributed by atoms with E-state index >= 15 is 0 Å². The smallest absolute Gasteiger partial charge is 0.258 e. The lowest BCUT2D eigenvalue weighted by molar-refractivity contribution is -0.123. The summed E-state index contributed by atoms with van der Waals surface area (Å²) in [5.74, 6) is 0.726. The van der Waals surface area contributed by atoms with Gasteiger partial charge in [-0.1, -0.05) is 61.9 Å². The van der Waals surface area contributed by atoms with Crippen LogP contribution in [-0.2, 0) is 21.4 Å². The number of nitrogens with one attached hydrogen (secondary N) is 2. The Kier molecular flexibility index (Phi) is 11.3. The highest BCUT2D eigenvalue weighted by atomic mass is 127. The van der Waals surface area contributed by atoms with Gasteiger partial charge in [-0.15, -0.1) is 0 Å². The molecule has 1 amide bonds. The number of carbonyl (C=O) groups excluding carboxylic acids is 1. The molecule has 0 saturated heterocycles. The van der Waals surface area contributed by atoms with Crippen molar-refractivity contribution in [1.29, 1.82) is 0 Å². The van der Waals surface area contributed by atoms with Gasteiger partial charge in [0.25, 0.3) is 5.91 Å². The third-order valence-electron chi connectivity index (χ3n) is 5.60. The van der Waals surface area contributed by atoms with E-state index in [-0.39, 0.29) is 10.8 Å². The van der Waals surface area contributed by atoms with Crippen molar-refractivity contribution in [2.24, 2.45) is 11.0 Å². The molecule has 10 heteroatoms. The second kappa shape index (κ2) is 14.4. The van der Waals surface area contributed by atoms with E-state index < -0.39 is 22.0 Å². The fourth-order valence-electron chi connectivity index (χ4n) is 3.70. The number of nitrogens with zero attached hydrogens (tertiary/aromatic N) is 1.